The Morgan fingerprint density at radius 3 is 3.00 bits per heavy atom. The lowest BCUT2D eigenvalue weighted by atomic mass is 10.1. The van der Waals surface area contributed by atoms with Gasteiger partial charge < -0.3 is 10.5 Å². The number of hydrogen-bond acceptors (Lipinski definition) is 4. The van der Waals surface area contributed by atoms with Crippen LogP contribution in [-0.2, 0) is 11.2 Å². The van der Waals surface area contributed by atoms with Crippen LogP contribution < -0.4 is 5.73 Å². The van der Waals surface area contributed by atoms with E-state index in [2.05, 4.69) is 9.72 Å². The predicted molar refractivity (Wildman–Crippen MR) is 53.0 cm³/mol. The normalized spacial score (nSPS) is 9.86. The van der Waals surface area contributed by atoms with Crippen molar-refractivity contribution in [3.63, 3.8) is 0 Å². The highest BCUT2D eigenvalue weighted by atomic mass is 16.5. The van der Waals surface area contributed by atoms with Crippen molar-refractivity contribution >= 4 is 5.97 Å². The summed E-state index contributed by atoms with van der Waals surface area (Å²) in [6.07, 6.45) is 4.97. The molecule has 0 aliphatic heterocycles. The number of esters is 1. The van der Waals surface area contributed by atoms with Crippen molar-refractivity contribution in [2.45, 2.75) is 12.8 Å². The van der Waals surface area contributed by atoms with Crippen LogP contribution in [0.3, 0.4) is 0 Å². The molecule has 0 unspecified atom stereocenters. The van der Waals surface area contributed by atoms with E-state index in [1.807, 2.05) is 0 Å². The molecule has 0 aromatic carbocycles. The summed E-state index contributed by atoms with van der Waals surface area (Å²) in [5.41, 5.74) is 6.89. The molecule has 0 atom stereocenters. The van der Waals surface area contributed by atoms with Crippen LogP contribution >= 0.6 is 0 Å². The monoisotopic (exact) mass is 194 g/mol. The molecule has 0 aliphatic rings. The van der Waals surface area contributed by atoms with Crippen molar-refractivity contribution in [1.29, 1.82) is 0 Å². The third-order valence-electron chi connectivity index (χ3n) is 1.89. The number of hydrogen-bond donors (Lipinski definition) is 1. The molecule has 0 bridgehead atoms. The summed E-state index contributed by atoms with van der Waals surface area (Å²) < 4.78 is 4.59. The highest BCUT2D eigenvalue weighted by Crippen LogP contribution is 2.06. The van der Waals surface area contributed by atoms with Gasteiger partial charge in [-0.25, -0.2) is 4.79 Å². The van der Waals surface area contributed by atoms with Crippen molar-refractivity contribution in [3.05, 3.63) is 29.6 Å². The van der Waals surface area contributed by atoms with Crippen molar-refractivity contribution < 1.29 is 9.53 Å². The minimum absolute atomic E-state index is 0.355. The molecule has 0 aliphatic carbocycles. The molecule has 2 N–H and O–H groups in total. The van der Waals surface area contributed by atoms with Gasteiger partial charge in [0.2, 0.25) is 0 Å². The van der Waals surface area contributed by atoms with Crippen molar-refractivity contribution in [2.24, 2.45) is 5.73 Å². The molecular weight excluding hydrogens is 180 g/mol. The van der Waals surface area contributed by atoms with E-state index in [4.69, 9.17) is 5.73 Å². The van der Waals surface area contributed by atoms with Gasteiger partial charge >= 0.3 is 5.97 Å². The van der Waals surface area contributed by atoms with Gasteiger partial charge in [0.25, 0.3) is 0 Å². The van der Waals surface area contributed by atoms with E-state index in [1.165, 1.54) is 13.3 Å². The molecule has 4 nitrogen and oxygen atoms in total. The number of ether oxygens (including phenoxy) is 1. The smallest absolute Gasteiger partial charge is 0.339 e. The van der Waals surface area contributed by atoms with Crippen LogP contribution in [0.15, 0.2) is 18.5 Å². The first-order valence-electron chi connectivity index (χ1n) is 4.50. The molecule has 0 saturated carbocycles. The SMILES string of the molecule is COC(=O)c1cncc(CCCN)c1. The molecule has 0 radical (unpaired) electrons. The lowest BCUT2D eigenvalue weighted by Gasteiger charge is -2.02. The molecule has 0 amide bonds. The summed E-state index contributed by atoms with van der Waals surface area (Å²) >= 11 is 0. The molecule has 0 spiro atoms. The molecule has 1 rings (SSSR count). The Labute approximate surface area is 83.1 Å². The van der Waals surface area contributed by atoms with Crippen LogP contribution in [-0.4, -0.2) is 24.6 Å². The zero-order valence-corrected chi connectivity index (χ0v) is 8.19. The van der Waals surface area contributed by atoms with E-state index in [-0.39, 0.29) is 5.97 Å². The Morgan fingerprint density at radius 1 is 1.57 bits per heavy atom. The average Bonchev–Trinajstić information content (AvgIpc) is 2.25. The zero-order valence-electron chi connectivity index (χ0n) is 8.19. The van der Waals surface area contributed by atoms with Gasteiger partial charge in [0.1, 0.15) is 0 Å². The minimum Gasteiger partial charge on any atom is -0.465 e. The van der Waals surface area contributed by atoms with Crippen LogP contribution in [0.4, 0.5) is 0 Å². The molecule has 1 aromatic heterocycles. The third kappa shape index (κ3) is 2.81. The molecule has 1 heterocycles. The highest BCUT2D eigenvalue weighted by Gasteiger charge is 2.05. The molecular formula is C10H14N2O2. The van der Waals surface area contributed by atoms with Crippen LogP contribution in [0.25, 0.3) is 0 Å². The first-order chi connectivity index (χ1) is 6.77. The number of carbonyl (C=O) groups excluding carboxylic acids is 1. The Hall–Kier alpha value is -1.42. The molecule has 4 heteroatoms. The van der Waals surface area contributed by atoms with Gasteiger partial charge in [-0.05, 0) is 31.0 Å². The van der Waals surface area contributed by atoms with E-state index in [0.717, 1.165) is 18.4 Å². The second-order valence-electron chi connectivity index (χ2n) is 2.97. The van der Waals surface area contributed by atoms with Gasteiger partial charge in [-0.3, -0.25) is 4.98 Å². The first-order valence-corrected chi connectivity index (χ1v) is 4.50. The van der Waals surface area contributed by atoms with Gasteiger partial charge in [0, 0.05) is 12.4 Å². The Balaban J connectivity index is 2.73. The number of carbonyl (C=O) groups is 1. The maximum Gasteiger partial charge on any atom is 0.339 e. The first kappa shape index (κ1) is 10.7. The number of aromatic nitrogens is 1. The average molecular weight is 194 g/mol. The van der Waals surface area contributed by atoms with Gasteiger partial charge in [0.15, 0.2) is 0 Å². The number of aryl methyl sites for hydroxylation is 1. The lowest BCUT2D eigenvalue weighted by molar-refractivity contribution is 0.0600. The molecule has 0 saturated heterocycles. The van der Waals surface area contributed by atoms with E-state index in [0.29, 0.717) is 12.1 Å². The molecule has 1 aromatic rings. The predicted octanol–water partition coefficient (Wildman–Crippen LogP) is 0.759. The Morgan fingerprint density at radius 2 is 2.36 bits per heavy atom. The van der Waals surface area contributed by atoms with Gasteiger partial charge in [-0.1, -0.05) is 0 Å². The van der Waals surface area contributed by atoms with Crippen molar-refractivity contribution in [1.82, 2.24) is 4.98 Å². The standard InChI is InChI=1S/C10H14N2O2/c1-14-10(13)9-5-8(3-2-4-11)6-12-7-9/h5-7H,2-4,11H2,1H3. The Kier molecular flexibility index (Phi) is 4.07. The summed E-state index contributed by atoms with van der Waals surface area (Å²) in [4.78, 5) is 15.1. The maximum atomic E-state index is 11.2. The van der Waals surface area contributed by atoms with Crippen molar-refractivity contribution in [3.8, 4) is 0 Å². The van der Waals surface area contributed by atoms with E-state index >= 15 is 0 Å². The molecule has 0 fully saturated rings. The fraction of sp³-hybridized carbons (Fsp3) is 0.400. The largest absolute Gasteiger partial charge is 0.465 e. The second kappa shape index (κ2) is 5.34. The highest BCUT2D eigenvalue weighted by molar-refractivity contribution is 5.89. The number of methoxy groups -OCH3 is 1. The fourth-order valence-electron chi connectivity index (χ4n) is 1.16. The van der Waals surface area contributed by atoms with Crippen LogP contribution in [0.2, 0.25) is 0 Å². The van der Waals surface area contributed by atoms with Crippen LogP contribution in [0.5, 0.6) is 0 Å². The number of nitrogens with zero attached hydrogens (tertiary/aromatic N) is 1. The van der Waals surface area contributed by atoms with Gasteiger partial charge in [-0.2, -0.15) is 0 Å². The number of nitrogens with two attached hydrogens (primary N) is 1. The minimum atomic E-state index is -0.355. The Bertz CT molecular complexity index is 313. The number of pyridine rings is 1. The van der Waals surface area contributed by atoms with Gasteiger partial charge in [-0.15, -0.1) is 0 Å². The summed E-state index contributed by atoms with van der Waals surface area (Å²) in [5, 5.41) is 0. The van der Waals surface area contributed by atoms with Crippen LogP contribution in [0, 0.1) is 0 Å². The molecule has 76 valence electrons. The summed E-state index contributed by atoms with van der Waals surface area (Å²) in [6, 6.07) is 1.79. The summed E-state index contributed by atoms with van der Waals surface area (Å²) in [5.74, 6) is -0.355. The topological polar surface area (TPSA) is 65.2 Å². The van der Waals surface area contributed by atoms with E-state index < -0.39 is 0 Å². The van der Waals surface area contributed by atoms with E-state index in [1.54, 1.807) is 12.3 Å². The molecule has 14 heavy (non-hydrogen) atoms. The quantitative estimate of drug-likeness (QED) is 0.719. The van der Waals surface area contributed by atoms with Crippen LogP contribution in [0.1, 0.15) is 22.3 Å². The van der Waals surface area contributed by atoms with E-state index in [9.17, 15) is 4.79 Å². The fourth-order valence-corrected chi connectivity index (χ4v) is 1.16. The van der Waals surface area contributed by atoms with Gasteiger partial charge in [0.05, 0.1) is 12.7 Å². The lowest BCUT2D eigenvalue weighted by Crippen LogP contribution is -2.04. The zero-order chi connectivity index (χ0) is 10.4. The summed E-state index contributed by atoms with van der Waals surface area (Å²) in [7, 11) is 1.36. The third-order valence-corrected chi connectivity index (χ3v) is 1.89. The second-order valence-corrected chi connectivity index (χ2v) is 2.97. The summed E-state index contributed by atoms with van der Waals surface area (Å²) in [6.45, 7) is 0.641. The van der Waals surface area contributed by atoms with Crippen molar-refractivity contribution in [2.75, 3.05) is 13.7 Å². The number of rotatable bonds is 4. The maximum absolute atomic E-state index is 11.2.